The largest absolute Gasteiger partial charge is 0.366 e. The fourth-order valence-corrected chi connectivity index (χ4v) is 1.66. The minimum absolute atomic E-state index is 0.171. The fraction of sp³-hybridized carbons (Fsp3) is 0. The lowest BCUT2D eigenvalue weighted by molar-refractivity contribution is -0.133. The number of rotatable bonds is 3. The van der Waals surface area contributed by atoms with E-state index in [1.807, 2.05) is 0 Å². The molecular formula is C15H12FN3O3. The Morgan fingerprint density at radius 3 is 2.00 bits per heavy atom. The number of benzene rings is 2. The summed E-state index contributed by atoms with van der Waals surface area (Å²) in [6.45, 7) is 0. The first-order valence-electron chi connectivity index (χ1n) is 6.23. The molecule has 6 nitrogen and oxygen atoms in total. The second-order valence-electron chi connectivity index (χ2n) is 4.36. The van der Waals surface area contributed by atoms with E-state index in [-0.39, 0.29) is 11.3 Å². The highest BCUT2D eigenvalue weighted by atomic mass is 19.1. The highest BCUT2D eigenvalue weighted by Gasteiger charge is 2.14. The van der Waals surface area contributed by atoms with Crippen LogP contribution in [0, 0.1) is 5.82 Å². The first kappa shape index (κ1) is 15.2. The van der Waals surface area contributed by atoms with Crippen LogP contribution in [0.3, 0.4) is 0 Å². The Bertz CT molecular complexity index is 729. The minimum Gasteiger partial charge on any atom is -0.366 e. The number of nitrogens with one attached hydrogen (secondary N) is 2. The number of hydrogen-bond acceptors (Lipinski definition) is 3. The molecule has 0 unspecified atom stereocenters. The molecule has 0 saturated carbocycles. The zero-order chi connectivity index (χ0) is 16.1. The van der Waals surface area contributed by atoms with E-state index < -0.39 is 23.5 Å². The van der Waals surface area contributed by atoms with Crippen LogP contribution in [0.25, 0.3) is 0 Å². The molecular weight excluding hydrogens is 289 g/mol. The molecule has 0 aromatic heterocycles. The molecule has 3 amide bonds. The van der Waals surface area contributed by atoms with E-state index in [9.17, 15) is 18.8 Å². The molecule has 2 aromatic rings. The van der Waals surface area contributed by atoms with Crippen LogP contribution in [-0.4, -0.2) is 17.7 Å². The molecule has 0 bridgehead atoms. The lowest BCUT2D eigenvalue weighted by Gasteiger charge is -2.07. The maximum atomic E-state index is 13.0. The second-order valence-corrected chi connectivity index (χ2v) is 4.36. The predicted molar refractivity (Wildman–Crippen MR) is 78.6 cm³/mol. The predicted octanol–water partition coefficient (Wildman–Crippen LogP) is 1.50. The minimum atomic E-state index is -0.940. The number of hydrogen-bond donors (Lipinski definition) is 3. The number of halogens is 1. The standard InChI is InChI=1S/C15H12FN3O3/c16-10-2-1-3-12(8-10)19-15(22)14(21)18-11-6-4-9(5-7-11)13(17)20/h1-8H,(H2,17,20)(H,18,21)(H,19,22). The molecule has 7 heteroatoms. The Morgan fingerprint density at radius 1 is 0.864 bits per heavy atom. The topological polar surface area (TPSA) is 101 Å². The van der Waals surface area contributed by atoms with E-state index in [1.54, 1.807) is 0 Å². The van der Waals surface area contributed by atoms with Crippen LogP contribution in [0.4, 0.5) is 15.8 Å². The molecule has 0 heterocycles. The van der Waals surface area contributed by atoms with Crippen LogP contribution in [0.1, 0.15) is 10.4 Å². The highest BCUT2D eigenvalue weighted by molar-refractivity contribution is 6.43. The number of primary amides is 1. The zero-order valence-electron chi connectivity index (χ0n) is 11.3. The van der Waals surface area contributed by atoms with Gasteiger partial charge in [0.2, 0.25) is 5.91 Å². The fourth-order valence-electron chi connectivity index (χ4n) is 1.66. The van der Waals surface area contributed by atoms with Crippen molar-refractivity contribution in [1.82, 2.24) is 0 Å². The van der Waals surface area contributed by atoms with Crippen molar-refractivity contribution in [2.45, 2.75) is 0 Å². The van der Waals surface area contributed by atoms with Crippen LogP contribution in [0.2, 0.25) is 0 Å². The van der Waals surface area contributed by atoms with Crippen molar-refractivity contribution in [3.05, 3.63) is 59.9 Å². The lowest BCUT2D eigenvalue weighted by Crippen LogP contribution is -2.29. The summed E-state index contributed by atoms with van der Waals surface area (Å²) < 4.78 is 13.0. The Hall–Kier alpha value is -3.22. The summed E-state index contributed by atoms with van der Waals surface area (Å²) in [7, 11) is 0. The maximum Gasteiger partial charge on any atom is 0.314 e. The quantitative estimate of drug-likeness (QED) is 0.749. The van der Waals surface area contributed by atoms with E-state index in [4.69, 9.17) is 5.73 Å². The van der Waals surface area contributed by atoms with Crippen LogP contribution >= 0.6 is 0 Å². The zero-order valence-corrected chi connectivity index (χ0v) is 11.3. The van der Waals surface area contributed by atoms with Crippen molar-refractivity contribution in [1.29, 1.82) is 0 Å². The third kappa shape index (κ3) is 3.89. The van der Waals surface area contributed by atoms with Gasteiger partial charge in [0, 0.05) is 16.9 Å². The molecule has 0 radical (unpaired) electrons. The van der Waals surface area contributed by atoms with E-state index >= 15 is 0 Å². The van der Waals surface area contributed by atoms with E-state index in [1.165, 1.54) is 42.5 Å². The van der Waals surface area contributed by atoms with Crippen LogP contribution in [-0.2, 0) is 9.59 Å². The molecule has 0 aliphatic rings. The highest BCUT2D eigenvalue weighted by Crippen LogP contribution is 2.11. The molecule has 0 aliphatic carbocycles. The van der Waals surface area contributed by atoms with Crippen LogP contribution in [0.5, 0.6) is 0 Å². The Labute approximate surface area is 125 Å². The van der Waals surface area contributed by atoms with Gasteiger partial charge in [0.1, 0.15) is 5.82 Å². The van der Waals surface area contributed by atoms with Crippen molar-refractivity contribution in [2.24, 2.45) is 5.73 Å². The number of amides is 3. The van der Waals surface area contributed by atoms with E-state index in [0.717, 1.165) is 6.07 Å². The Kier molecular flexibility index (Phi) is 4.47. The van der Waals surface area contributed by atoms with E-state index in [0.29, 0.717) is 5.69 Å². The molecule has 0 fully saturated rings. The van der Waals surface area contributed by atoms with Crippen molar-refractivity contribution in [3.63, 3.8) is 0 Å². The molecule has 22 heavy (non-hydrogen) atoms. The maximum absolute atomic E-state index is 13.0. The van der Waals surface area contributed by atoms with Crippen LogP contribution in [0.15, 0.2) is 48.5 Å². The monoisotopic (exact) mass is 301 g/mol. The second kappa shape index (κ2) is 6.49. The smallest absolute Gasteiger partial charge is 0.314 e. The third-order valence-corrected chi connectivity index (χ3v) is 2.72. The number of anilines is 2. The number of carbonyl (C=O) groups excluding carboxylic acids is 3. The van der Waals surface area contributed by atoms with Gasteiger partial charge >= 0.3 is 11.8 Å². The van der Waals surface area contributed by atoms with Gasteiger partial charge in [-0.15, -0.1) is 0 Å². The molecule has 112 valence electrons. The summed E-state index contributed by atoms with van der Waals surface area (Å²) in [5, 5.41) is 4.61. The van der Waals surface area contributed by atoms with Crippen molar-refractivity contribution in [2.75, 3.05) is 10.6 Å². The molecule has 2 aromatic carbocycles. The summed E-state index contributed by atoms with van der Waals surface area (Å²) >= 11 is 0. The normalized spacial score (nSPS) is 9.86. The third-order valence-electron chi connectivity index (χ3n) is 2.72. The Morgan fingerprint density at radius 2 is 1.45 bits per heavy atom. The summed E-state index contributed by atoms with van der Waals surface area (Å²) in [6.07, 6.45) is 0. The van der Waals surface area contributed by atoms with Gasteiger partial charge in [-0.05, 0) is 42.5 Å². The van der Waals surface area contributed by atoms with E-state index in [2.05, 4.69) is 10.6 Å². The van der Waals surface area contributed by atoms with Gasteiger partial charge in [0.25, 0.3) is 0 Å². The molecule has 0 spiro atoms. The van der Waals surface area contributed by atoms with Gasteiger partial charge in [-0.3, -0.25) is 14.4 Å². The molecule has 0 saturated heterocycles. The first-order valence-corrected chi connectivity index (χ1v) is 6.23. The molecule has 4 N–H and O–H groups in total. The first-order chi connectivity index (χ1) is 10.5. The van der Waals surface area contributed by atoms with Gasteiger partial charge in [-0.25, -0.2) is 4.39 Å². The SMILES string of the molecule is NC(=O)c1ccc(NC(=O)C(=O)Nc2cccc(F)c2)cc1. The van der Waals surface area contributed by atoms with Gasteiger partial charge < -0.3 is 16.4 Å². The number of nitrogens with two attached hydrogens (primary N) is 1. The average molecular weight is 301 g/mol. The molecule has 0 aliphatic heterocycles. The summed E-state index contributed by atoms with van der Waals surface area (Å²) in [5.41, 5.74) is 5.86. The number of carbonyl (C=O) groups is 3. The van der Waals surface area contributed by atoms with Gasteiger partial charge in [0.05, 0.1) is 0 Å². The van der Waals surface area contributed by atoms with Crippen molar-refractivity contribution >= 4 is 29.1 Å². The Balaban J connectivity index is 1.99. The summed E-state index contributed by atoms with van der Waals surface area (Å²) in [4.78, 5) is 34.3. The lowest BCUT2D eigenvalue weighted by atomic mass is 10.2. The van der Waals surface area contributed by atoms with Gasteiger partial charge in [-0.2, -0.15) is 0 Å². The molecule has 2 rings (SSSR count). The van der Waals surface area contributed by atoms with Crippen molar-refractivity contribution < 1.29 is 18.8 Å². The average Bonchev–Trinajstić information content (AvgIpc) is 2.47. The summed E-state index contributed by atoms with van der Waals surface area (Å²) in [5.74, 6) is -2.98. The van der Waals surface area contributed by atoms with Gasteiger partial charge in [0.15, 0.2) is 0 Å². The van der Waals surface area contributed by atoms with Crippen molar-refractivity contribution in [3.8, 4) is 0 Å². The summed E-state index contributed by atoms with van der Waals surface area (Å²) in [6, 6.07) is 10.9. The van der Waals surface area contributed by atoms with Crippen LogP contribution < -0.4 is 16.4 Å². The van der Waals surface area contributed by atoms with Gasteiger partial charge in [-0.1, -0.05) is 6.07 Å². The molecule has 0 atom stereocenters.